The second-order valence-electron chi connectivity index (χ2n) is 5.32. The van der Waals surface area contributed by atoms with E-state index in [0.29, 0.717) is 11.0 Å². The Labute approximate surface area is 140 Å². The molecule has 0 saturated heterocycles. The third kappa shape index (κ3) is 3.99. The van der Waals surface area contributed by atoms with Gasteiger partial charge in [-0.25, -0.2) is 4.98 Å². The Balaban J connectivity index is 1.86. The van der Waals surface area contributed by atoms with Crippen LogP contribution in [-0.4, -0.2) is 9.97 Å². The molecule has 116 valence electrons. The first-order valence-corrected chi connectivity index (χ1v) is 7.69. The largest absolute Gasteiger partial charge is 0.340 e. The van der Waals surface area contributed by atoms with E-state index in [-0.39, 0.29) is 0 Å². The molecular formula is C18H17ClN4. The highest BCUT2D eigenvalue weighted by atomic mass is 35.5. The van der Waals surface area contributed by atoms with Crippen molar-refractivity contribution >= 4 is 34.7 Å². The van der Waals surface area contributed by atoms with E-state index in [1.54, 1.807) is 0 Å². The predicted molar refractivity (Wildman–Crippen MR) is 96.0 cm³/mol. The van der Waals surface area contributed by atoms with Crippen molar-refractivity contribution in [2.75, 3.05) is 10.6 Å². The van der Waals surface area contributed by atoms with Crippen LogP contribution in [-0.2, 0) is 0 Å². The summed E-state index contributed by atoms with van der Waals surface area (Å²) in [7, 11) is 0. The van der Waals surface area contributed by atoms with Crippen molar-refractivity contribution in [1.82, 2.24) is 9.97 Å². The molecule has 0 aliphatic carbocycles. The molecule has 0 aliphatic heterocycles. The van der Waals surface area contributed by atoms with E-state index in [2.05, 4.69) is 39.7 Å². The maximum atomic E-state index is 6.17. The summed E-state index contributed by atoms with van der Waals surface area (Å²) >= 11 is 6.17. The lowest BCUT2D eigenvalue weighted by Gasteiger charge is -2.11. The van der Waals surface area contributed by atoms with Crippen molar-refractivity contribution in [1.29, 1.82) is 0 Å². The number of benzene rings is 2. The molecule has 0 atom stereocenters. The minimum Gasteiger partial charge on any atom is -0.340 e. The van der Waals surface area contributed by atoms with Gasteiger partial charge in [-0.05, 0) is 43.7 Å². The van der Waals surface area contributed by atoms with Gasteiger partial charge in [0, 0.05) is 17.4 Å². The van der Waals surface area contributed by atoms with Crippen molar-refractivity contribution in [2.24, 2.45) is 0 Å². The van der Waals surface area contributed by atoms with Gasteiger partial charge in [0.05, 0.1) is 10.7 Å². The average Bonchev–Trinajstić information content (AvgIpc) is 2.49. The van der Waals surface area contributed by atoms with Crippen LogP contribution in [0, 0.1) is 13.8 Å². The quantitative estimate of drug-likeness (QED) is 0.689. The number of nitrogens with one attached hydrogen (secondary N) is 2. The molecule has 4 nitrogen and oxygen atoms in total. The summed E-state index contributed by atoms with van der Waals surface area (Å²) in [5, 5.41) is 7.09. The average molecular weight is 325 g/mol. The number of halogens is 1. The van der Waals surface area contributed by atoms with E-state index >= 15 is 0 Å². The molecule has 2 aromatic carbocycles. The van der Waals surface area contributed by atoms with Gasteiger partial charge in [0.1, 0.15) is 5.82 Å². The first kappa shape index (κ1) is 15.3. The highest BCUT2D eigenvalue weighted by Gasteiger charge is 2.05. The Kier molecular flexibility index (Phi) is 4.44. The highest BCUT2D eigenvalue weighted by molar-refractivity contribution is 6.33. The molecule has 0 spiro atoms. The van der Waals surface area contributed by atoms with E-state index in [0.717, 1.165) is 22.9 Å². The fraction of sp³-hybridized carbons (Fsp3) is 0.111. The normalized spacial score (nSPS) is 10.4. The molecule has 0 amide bonds. The molecule has 0 fully saturated rings. The Morgan fingerprint density at radius 3 is 2.48 bits per heavy atom. The number of anilines is 4. The van der Waals surface area contributed by atoms with Gasteiger partial charge in [-0.2, -0.15) is 4.98 Å². The van der Waals surface area contributed by atoms with E-state index in [1.807, 2.05) is 49.4 Å². The number of rotatable bonds is 4. The Bertz CT molecular complexity index is 833. The first-order valence-electron chi connectivity index (χ1n) is 7.31. The van der Waals surface area contributed by atoms with Crippen LogP contribution in [0.3, 0.4) is 0 Å². The van der Waals surface area contributed by atoms with Crippen LogP contribution in [0.2, 0.25) is 5.02 Å². The summed E-state index contributed by atoms with van der Waals surface area (Å²) in [4.78, 5) is 8.91. The van der Waals surface area contributed by atoms with Crippen molar-refractivity contribution in [2.45, 2.75) is 13.8 Å². The van der Waals surface area contributed by atoms with Crippen LogP contribution in [0.4, 0.5) is 23.1 Å². The first-order chi connectivity index (χ1) is 11.1. The third-order valence-corrected chi connectivity index (χ3v) is 3.59. The second-order valence-corrected chi connectivity index (χ2v) is 5.72. The van der Waals surface area contributed by atoms with Gasteiger partial charge in [0.2, 0.25) is 5.95 Å². The van der Waals surface area contributed by atoms with Crippen molar-refractivity contribution in [3.8, 4) is 0 Å². The summed E-state index contributed by atoms with van der Waals surface area (Å²) in [6, 6.07) is 17.6. The number of para-hydroxylation sites is 1. The Hall–Kier alpha value is -2.59. The topological polar surface area (TPSA) is 49.8 Å². The van der Waals surface area contributed by atoms with E-state index < -0.39 is 0 Å². The van der Waals surface area contributed by atoms with Crippen molar-refractivity contribution < 1.29 is 0 Å². The predicted octanol–water partition coefficient (Wildman–Crippen LogP) is 5.23. The molecule has 0 unspecified atom stereocenters. The maximum Gasteiger partial charge on any atom is 0.229 e. The zero-order valence-corrected chi connectivity index (χ0v) is 13.7. The Morgan fingerprint density at radius 2 is 1.70 bits per heavy atom. The Morgan fingerprint density at radius 1 is 0.870 bits per heavy atom. The summed E-state index contributed by atoms with van der Waals surface area (Å²) in [5.41, 5.74) is 3.83. The zero-order chi connectivity index (χ0) is 16.2. The van der Waals surface area contributed by atoms with Crippen LogP contribution in [0.15, 0.2) is 54.6 Å². The fourth-order valence-corrected chi connectivity index (χ4v) is 2.43. The van der Waals surface area contributed by atoms with Crippen LogP contribution in [0.5, 0.6) is 0 Å². The maximum absolute atomic E-state index is 6.17. The molecule has 5 heteroatoms. The van der Waals surface area contributed by atoms with Gasteiger partial charge in [0.25, 0.3) is 0 Å². The summed E-state index contributed by atoms with van der Waals surface area (Å²) in [6.45, 7) is 3.99. The monoisotopic (exact) mass is 324 g/mol. The van der Waals surface area contributed by atoms with Crippen LogP contribution in [0.25, 0.3) is 0 Å². The number of nitrogens with zero attached hydrogens (tertiary/aromatic N) is 2. The van der Waals surface area contributed by atoms with E-state index in [4.69, 9.17) is 11.6 Å². The highest BCUT2D eigenvalue weighted by Crippen LogP contribution is 2.24. The van der Waals surface area contributed by atoms with Gasteiger partial charge in [-0.3, -0.25) is 0 Å². The molecule has 0 aliphatic rings. The second kappa shape index (κ2) is 6.67. The lowest BCUT2D eigenvalue weighted by atomic mass is 10.2. The van der Waals surface area contributed by atoms with Crippen molar-refractivity contribution in [3.05, 3.63) is 70.9 Å². The number of hydrogen-bond donors (Lipinski definition) is 2. The summed E-state index contributed by atoms with van der Waals surface area (Å²) in [6.07, 6.45) is 0. The molecule has 3 aromatic rings. The number of aromatic nitrogens is 2. The fourth-order valence-electron chi connectivity index (χ4n) is 2.24. The summed E-state index contributed by atoms with van der Waals surface area (Å²) < 4.78 is 0. The molecule has 0 saturated carbocycles. The number of aryl methyl sites for hydroxylation is 2. The van der Waals surface area contributed by atoms with Crippen LogP contribution >= 0.6 is 11.6 Å². The molecule has 23 heavy (non-hydrogen) atoms. The van der Waals surface area contributed by atoms with Crippen LogP contribution in [0.1, 0.15) is 11.3 Å². The smallest absolute Gasteiger partial charge is 0.229 e. The minimum atomic E-state index is 0.508. The molecule has 0 bridgehead atoms. The third-order valence-electron chi connectivity index (χ3n) is 3.27. The lowest BCUT2D eigenvalue weighted by molar-refractivity contribution is 1.11. The number of hydrogen-bond acceptors (Lipinski definition) is 4. The van der Waals surface area contributed by atoms with E-state index in [9.17, 15) is 0 Å². The molecular weight excluding hydrogens is 308 g/mol. The van der Waals surface area contributed by atoms with Crippen LogP contribution < -0.4 is 10.6 Å². The van der Waals surface area contributed by atoms with E-state index in [1.165, 1.54) is 5.56 Å². The molecule has 0 radical (unpaired) electrons. The van der Waals surface area contributed by atoms with Gasteiger partial charge < -0.3 is 10.6 Å². The standard InChI is InChI=1S/C18H17ClN4/c1-12-6-5-7-14(10-12)21-17-11-13(2)20-18(23-17)22-16-9-4-3-8-15(16)19/h3-11H,1-2H3,(H2,20,21,22,23). The molecule has 1 aromatic heterocycles. The van der Waals surface area contributed by atoms with Gasteiger partial charge in [-0.1, -0.05) is 35.9 Å². The molecule has 2 N–H and O–H groups in total. The summed E-state index contributed by atoms with van der Waals surface area (Å²) in [5.74, 6) is 1.24. The zero-order valence-electron chi connectivity index (χ0n) is 13.0. The van der Waals surface area contributed by atoms with Gasteiger partial charge >= 0.3 is 0 Å². The SMILES string of the molecule is Cc1cccc(Nc2cc(C)nc(Nc3ccccc3Cl)n2)c1. The van der Waals surface area contributed by atoms with Gasteiger partial charge in [0.15, 0.2) is 0 Å². The molecule has 3 rings (SSSR count). The van der Waals surface area contributed by atoms with Crippen molar-refractivity contribution in [3.63, 3.8) is 0 Å². The van der Waals surface area contributed by atoms with Gasteiger partial charge in [-0.15, -0.1) is 0 Å². The molecule has 1 heterocycles. The minimum absolute atomic E-state index is 0.508. The lowest BCUT2D eigenvalue weighted by Crippen LogP contribution is -2.02.